The van der Waals surface area contributed by atoms with Crippen molar-refractivity contribution in [2.75, 3.05) is 13.1 Å². The number of rotatable bonds is 10. The van der Waals surface area contributed by atoms with E-state index in [1.54, 1.807) is 0 Å². The molecular formula is C26H32N6O3. The molecule has 1 aliphatic heterocycles. The quantitative estimate of drug-likeness (QED) is 0.524. The maximum Gasteiger partial charge on any atom is 0.272 e. The third kappa shape index (κ3) is 7.34. The van der Waals surface area contributed by atoms with Gasteiger partial charge in [-0.05, 0) is 37.2 Å². The zero-order valence-electron chi connectivity index (χ0n) is 20.3. The van der Waals surface area contributed by atoms with Crippen LogP contribution in [-0.2, 0) is 16.0 Å². The summed E-state index contributed by atoms with van der Waals surface area (Å²) in [5.41, 5.74) is 1.01. The molecule has 0 bridgehead atoms. The van der Waals surface area contributed by atoms with Crippen LogP contribution in [0.15, 0.2) is 48.9 Å². The topological polar surface area (TPSA) is 119 Å². The summed E-state index contributed by atoms with van der Waals surface area (Å²) >= 11 is 0. The summed E-state index contributed by atoms with van der Waals surface area (Å²) in [6.45, 7) is 4.96. The Morgan fingerprint density at radius 2 is 1.86 bits per heavy atom. The third-order valence-corrected chi connectivity index (χ3v) is 5.98. The Bertz CT molecular complexity index is 1040. The molecule has 1 saturated heterocycles. The number of amides is 2. The second kappa shape index (κ2) is 12.6. The summed E-state index contributed by atoms with van der Waals surface area (Å²) in [7, 11) is 0. The molecule has 1 N–H and O–H groups in total. The van der Waals surface area contributed by atoms with E-state index in [1.807, 2.05) is 44.2 Å². The number of hydrogen-bond acceptors (Lipinski definition) is 7. The van der Waals surface area contributed by atoms with Crippen molar-refractivity contribution < 1.29 is 14.4 Å². The van der Waals surface area contributed by atoms with Crippen LogP contribution in [0.3, 0.4) is 0 Å². The standard InChI is InChI=1S/C26H32N6O3/c1-19(2)14-21(26(35)32-13-7-6-12-31(32)18-27)16-24(33)22(15-20-8-4-3-5-9-20)30-25(34)23-17-28-10-11-29-23/h3-5,8-11,17,19,21-22H,6-7,12-16H2,1-2H3,(H,30,34). The smallest absolute Gasteiger partial charge is 0.272 e. The number of nitriles is 1. The van der Waals surface area contributed by atoms with E-state index < -0.39 is 17.9 Å². The molecule has 0 aliphatic carbocycles. The van der Waals surface area contributed by atoms with Gasteiger partial charge in [0, 0.05) is 31.3 Å². The first-order chi connectivity index (χ1) is 16.9. The zero-order valence-corrected chi connectivity index (χ0v) is 20.3. The van der Waals surface area contributed by atoms with Crippen LogP contribution in [0.5, 0.6) is 0 Å². The van der Waals surface area contributed by atoms with Gasteiger partial charge < -0.3 is 5.32 Å². The van der Waals surface area contributed by atoms with Crippen LogP contribution in [-0.4, -0.2) is 56.7 Å². The first kappa shape index (κ1) is 25.8. The van der Waals surface area contributed by atoms with Crippen molar-refractivity contribution in [2.45, 2.75) is 52.0 Å². The van der Waals surface area contributed by atoms with Crippen molar-refractivity contribution in [3.8, 4) is 6.19 Å². The van der Waals surface area contributed by atoms with Crippen LogP contribution in [0.2, 0.25) is 0 Å². The Morgan fingerprint density at radius 3 is 2.51 bits per heavy atom. The molecule has 1 fully saturated rings. The molecular weight excluding hydrogens is 444 g/mol. The lowest BCUT2D eigenvalue weighted by Crippen LogP contribution is -2.51. The molecule has 2 unspecified atom stereocenters. The van der Waals surface area contributed by atoms with E-state index in [-0.39, 0.29) is 29.7 Å². The highest BCUT2D eigenvalue weighted by atomic mass is 16.2. The van der Waals surface area contributed by atoms with Gasteiger partial charge in [0.05, 0.1) is 18.8 Å². The number of carbonyl (C=O) groups is 3. The zero-order chi connectivity index (χ0) is 25.2. The number of nitrogens with zero attached hydrogens (tertiary/aromatic N) is 5. The van der Waals surface area contributed by atoms with Gasteiger partial charge >= 0.3 is 0 Å². The molecule has 2 heterocycles. The summed E-state index contributed by atoms with van der Waals surface area (Å²) in [6, 6.07) is 8.59. The lowest BCUT2D eigenvalue weighted by Gasteiger charge is -2.37. The summed E-state index contributed by atoms with van der Waals surface area (Å²) in [5.74, 6) is -1.34. The fraction of sp³-hybridized carbons (Fsp3) is 0.462. The maximum absolute atomic E-state index is 13.5. The Labute approximate surface area is 206 Å². The van der Waals surface area contributed by atoms with Crippen molar-refractivity contribution in [1.29, 1.82) is 5.26 Å². The van der Waals surface area contributed by atoms with Crippen molar-refractivity contribution in [1.82, 2.24) is 25.3 Å². The van der Waals surface area contributed by atoms with Crippen LogP contribution in [0.4, 0.5) is 0 Å². The van der Waals surface area contributed by atoms with E-state index in [4.69, 9.17) is 0 Å². The number of aromatic nitrogens is 2. The second-order valence-electron chi connectivity index (χ2n) is 9.19. The van der Waals surface area contributed by atoms with Crippen LogP contribution in [0.1, 0.15) is 55.6 Å². The van der Waals surface area contributed by atoms with E-state index >= 15 is 0 Å². The summed E-state index contributed by atoms with van der Waals surface area (Å²) < 4.78 is 0. The molecule has 9 heteroatoms. The van der Waals surface area contributed by atoms with E-state index in [0.717, 1.165) is 18.4 Å². The molecule has 1 aromatic heterocycles. The lowest BCUT2D eigenvalue weighted by molar-refractivity contribution is -0.153. The van der Waals surface area contributed by atoms with Gasteiger partial charge in [-0.3, -0.25) is 19.4 Å². The summed E-state index contributed by atoms with van der Waals surface area (Å²) in [5, 5.41) is 15.1. The van der Waals surface area contributed by atoms with E-state index in [9.17, 15) is 19.6 Å². The predicted molar refractivity (Wildman–Crippen MR) is 129 cm³/mol. The van der Waals surface area contributed by atoms with Crippen molar-refractivity contribution in [2.24, 2.45) is 11.8 Å². The first-order valence-corrected chi connectivity index (χ1v) is 12.0. The number of carbonyl (C=O) groups excluding carboxylic acids is 3. The molecule has 2 amide bonds. The highest BCUT2D eigenvalue weighted by molar-refractivity contribution is 5.97. The van der Waals surface area contributed by atoms with Gasteiger partial charge in [0.25, 0.3) is 5.91 Å². The molecule has 3 rings (SSSR count). The Kier molecular flexibility index (Phi) is 9.30. The minimum absolute atomic E-state index is 0.0228. The summed E-state index contributed by atoms with van der Waals surface area (Å²) in [4.78, 5) is 47.7. The molecule has 0 spiro atoms. The van der Waals surface area contributed by atoms with Gasteiger partial charge in [-0.25, -0.2) is 15.0 Å². The van der Waals surface area contributed by atoms with Crippen molar-refractivity contribution in [3.05, 3.63) is 60.2 Å². The highest BCUT2D eigenvalue weighted by Gasteiger charge is 2.34. The van der Waals surface area contributed by atoms with Crippen molar-refractivity contribution >= 4 is 17.6 Å². The monoisotopic (exact) mass is 476 g/mol. The highest BCUT2D eigenvalue weighted by Crippen LogP contribution is 2.23. The van der Waals surface area contributed by atoms with E-state index in [2.05, 4.69) is 21.5 Å². The molecule has 184 valence electrons. The molecule has 9 nitrogen and oxygen atoms in total. The fourth-order valence-electron chi connectivity index (χ4n) is 4.28. The van der Waals surface area contributed by atoms with E-state index in [1.165, 1.54) is 28.6 Å². The van der Waals surface area contributed by atoms with Gasteiger partial charge in [0.15, 0.2) is 12.0 Å². The fourth-order valence-corrected chi connectivity index (χ4v) is 4.28. The minimum atomic E-state index is -0.831. The average molecular weight is 477 g/mol. The van der Waals surface area contributed by atoms with Gasteiger partial charge in [-0.1, -0.05) is 44.2 Å². The minimum Gasteiger partial charge on any atom is -0.341 e. The van der Waals surface area contributed by atoms with Gasteiger partial charge in [0.1, 0.15) is 5.69 Å². The predicted octanol–water partition coefficient (Wildman–Crippen LogP) is 2.76. The molecule has 35 heavy (non-hydrogen) atoms. The maximum atomic E-state index is 13.5. The SMILES string of the molecule is CC(C)CC(CC(=O)C(Cc1ccccc1)NC(=O)c1cnccn1)C(=O)N1CCCCN1C#N. The van der Waals surface area contributed by atoms with Gasteiger partial charge in [-0.15, -0.1) is 0 Å². The largest absolute Gasteiger partial charge is 0.341 e. The summed E-state index contributed by atoms with van der Waals surface area (Å²) in [6.07, 6.45) is 8.75. The Morgan fingerprint density at radius 1 is 1.11 bits per heavy atom. The molecule has 0 radical (unpaired) electrons. The van der Waals surface area contributed by atoms with Crippen LogP contribution >= 0.6 is 0 Å². The van der Waals surface area contributed by atoms with Crippen molar-refractivity contribution in [3.63, 3.8) is 0 Å². The lowest BCUT2D eigenvalue weighted by atomic mass is 9.88. The Balaban J connectivity index is 1.80. The molecule has 2 atom stereocenters. The van der Waals surface area contributed by atoms with Gasteiger partial charge in [-0.2, -0.15) is 5.26 Å². The normalized spacial score (nSPS) is 15.3. The van der Waals surface area contributed by atoms with Crippen LogP contribution in [0, 0.1) is 23.3 Å². The third-order valence-electron chi connectivity index (χ3n) is 5.98. The number of hydrogen-bond donors (Lipinski definition) is 1. The number of ketones is 1. The number of nitrogens with one attached hydrogen (secondary N) is 1. The Hall–Kier alpha value is -3.80. The number of benzene rings is 1. The number of hydrazine groups is 1. The molecule has 0 saturated carbocycles. The molecule has 1 aromatic carbocycles. The first-order valence-electron chi connectivity index (χ1n) is 12.0. The average Bonchev–Trinajstić information content (AvgIpc) is 2.88. The second-order valence-corrected chi connectivity index (χ2v) is 9.19. The van der Waals surface area contributed by atoms with Crippen LogP contribution < -0.4 is 5.32 Å². The van der Waals surface area contributed by atoms with E-state index in [0.29, 0.717) is 25.9 Å². The molecule has 2 aromatic rings. The number of Topliss-reactive ketones (excluding diaryl/α,β-unsaturated/α-hetero) is 1. The van der Waals surface area contributed by atoms with Gasteiger partial charge in [0.2, 0.25) is 5.91 Å². The molecule has 1 aliphatic rings. The van der Waals surface area contributed by atoms with Crippen LogP contribution in [0.25, 0.3) is 0 Å².